The molecule has 0 saturated heterocycles. The first-order chi connectivity index (χ1) is 8.47. The first kappa shape index (κ1) is 12.6. The van der Waals surface area contributed by atoms with Crippen molar-refractivity contribution in [2.24, 2.45) is 5.10 Å². The summed E-state index contributed by atoms with van der Waals surface area (Å²) in [7, 11) is 0. The van der Waals surface area contributed by atoms with E-state index in [1.54, 1.807) is 13.1 Å². The van der Waals surface area contributed by atoms with E-state index < -0.39 is 5.82 Å². The predicted octanol–water partition coefficient (Wildman–Crippen LogP) is 2.26. The summed E-state index contributed by atoms with van der Waals surface area (Å²) in [4.78, 5) is 3.98. The standard InChI is InChI=1S/C11H10BrFN4O/c1-6-5-17(11(14)16-6)15-4-8-9(12)2-7(13)3-10(8)18/h2-5,18H,1H3,(H2,14,16). The molecule has 0 bridgehead atoms. The minimum Gasteiger partial charge on any atom is -0.507 e. The number of hydrogen-bond donors (Lipinski definition) is 2. The summed E-state index contributed by atoms with van der Waals surface area (Å²) < 4.78 is 14.7. The van der Waals surface area contributed by atoms with Gasteiger partial charge in [-0.05, 0) is 28.9 Å². The molecular weight excluding hydrogens is 303 g/mol. The zero-order chi connectivity index (χ0) is 13.3. The van der Waals surface area contributed by atoms with Crippen LogP contribution in [0.4, 0.5) is 10.3 Å². The molecular formula is C11H10BrFN4O. The van der Waals surface area contributed by atoms with Crippen molar-refractivity contribution in [3.05, 3.63) is 39.9 Å². The number of imidazole rings is 1. The van der Waals surface area contributed by atoms with Gasteiger partial charge in [0.05, 0.1) is 23.7 Å². The van der Waals surface area contributed by atoms with Crippen LogP contribution in [0.5, 0.6) is 5.75 Å². The Hall–Kier alpha value is -1.89. The number of aryl methyl sites for hydroxylation is 1. The maximum absolute atomic E-state index is 13.0. The van der Waals surface area contributed by atoms with Crippen LogP contribution in [-0.2, 0) is 0 Å². The van der Waals surface area contributed by atoms with E-state index in [1.807, 2.05) is 0 Å². The lowest BCUT2D eigenvalue weighted by Crippen LogP contribution is -1.97. The summed E-state index contributed by atoms with van der Waals surface area (Å²) in [6, 6.07) is 2.25. The largest absolute Gasteiger partial charge is 0.507 e. The number of aromatic hydroxyl groups is 1. The molecule has 0 aliphatic rings. The van der Waals surface area contributed by atoms with Crippen LogP contribution in [0.3, 0.4) is 0 Å². The van der Waals surface area contributed by atoms with Gasteiger partial charge in [-0.3, -0.25) is 0 Å². The Morgan fingerprint density at radius 1 is 1.56 bits per heavy atom. The van der Waals surface area contributed by atoms with Crippen LogP contribution >= 0.6 is 15.9 Å². The van der Waals surface area contributed by atoms with Gasteiger partial charge >= 0.3 is 0 Å². The summed E-state index contributed by atoms with van der Waals surface area (Å²) in [6.45, 7) is 1.79. The van der Waals surface area contributed by atoms with Crippen molar-refractivity contribution >= 4 is 28.1 Å². The van der Waals surface area contributed by atoms with Crippen LogP contribution in [0.25, 0.3) is 0 Å². The number of nitrogens with two attached hydrogens (primary N) is 1. The zero-order valence-electron chi connectivity index (χ0n) is 9.43. The van der Waals surface area contributed by atoms with E-state index >= 15 is 0 Å². The first-order valence-corrected chi connectivity index (χ1v) is 5.80. The number of nitrogen functional groups attached to an aromatic ring is 1. The van der Waals surface area contributed by atoms with Crippen molar-refractivity contribution in [2.75, 3.05) is 5.73 Å². The second kappa shape index (κ2) is 4.77. The number of phenolic OH excluding ortho intramolecular Hbond substituents is 1. The third-order valence-electron chi connectivity index (χ3n) is 2.22. The van der Waals surface area contributed by atoms with Gasteiger partial charge in [0, 0.05) is 10.5 Å². The molecule has 1 heterocycles. The Kier molecular flexibility index (Phi) is 3.33. The monoisotopic (exact) mass is 312 g/mol. The lowest BCUT2D eigenvalue weighted by atomic mass is 10.2. The highest BCUT2D eigenvalue weighted by Gasteiger charge is 2.07. The average Bonchev–Trinajstić information content (AvgIpc) is 2.55. The second-order valence-electron chi connectivity index (χ2n) is 3.65. The van der Waals surface area contributed by atoms with Gasteiger partial charge in [0.1, 0.15) is 11.6 Å². The van der Waals surface area contributed by atoms with Crippen LogP contribution in [0.2, 0.25) is 0 Å². The molecule has 1 aromatic heterocycles. The quantitative estimate of drug-likeness (QED) is 0.835. The van der Waals surface area contributed by atoms with Gasteiger partial charge in [-0.1, -0.05) is 0 Å². The number of hydrogen-bond acceptors (Lipinski definition) is 4. The fourth-order valence-electron chi connectivity index (χ4n) is 1.42. The SMILES string of the molecule is Cc1cn(N=Cc2c(O)cc(F)cc2Br)c(N)n1. The molecule has 94 valence electrons. The van der Waals surface area contributed by atoms with Gasteiger partial charge in [0.25, 0.3) is 0 Å². The summed E-state index contributed by atoms with van der Waals surface area (Å²) in [5.41, 5.74) is 6.70. The number of halogens is 2. The van der Waals surface area contributed by atoms with E-state index in [1.165, 1.54) is 17.0 Å². The first-order valence-electron chi connectivity index (χ1n) is 5.01. The van der Waals surface area contributed by atoms with Gasteiger partial charge in [0.2, 0.25) is 5.95 Å². The highest BCUT2D eigenvalue weighted by Crippen LogP contribution is 2.25. The molecule has 0 spiro atoms. The Labute approximate surface area is 111 Å². The molecule has 1 aromatic carbocycles. The van der Waals surface area contributed by atoms with E-state index in [2.05, 4.69) is 26.0 Å². The summed E-state index contributed by atoms with van der Waals surface area (Å²) in [5.74, 6) is -0.503. The molecule has 18 heavy (non-hydrogen) atoms. The maximum Gasteiger partial charge on any atom is 0.221 e. The molecule has 2 rings (SSSR count). The Bertz CT molecular complexity index is 600. The molecule has 0 aliphatic heterocycles. The molecule has 3 N–H and O–H groups in total. The van der Waals surface area contributed by atoms with Gasteiger partial charge in [-0.2, -0.15) is 5.10 Å². The number of phenols is 1. The molecule has 0 aliphatic carbocycles. The lowest BCUT2D eigenvalue weighted by molar-refractivity contribution is 0.467. The number of rotatable bonds is 2. The third-order valence-corrected chi connectivity index (χ3v) is 2.87. The minimum atomic E-state index is -0.533. The van der Waals surface area contributed by atoms with Crippen LogP contribution in [0.1, 0.15) is 11.3 Å². The van der Waals surface area contributed by atoms with Crippen molar-refractivity contribution in [2.45, 2.75) is 6.92 Å². The highest BCUT2D eigenvalue weighted by molar-refractivity contribution is 9.10. The number of benzene rings is 1. The fraction of sp³-hybridized carbons (Fsp3) is 0.0909. The Morgan fingerprint density at radius 3 is 2.83 bits per heavy atom. The van der Waals surface area contributed by atoms with Gasteiger partial charge in [-0.15, -0.1) is 0 Å². The Morgan fingerprint density at radius 2 is 2.28 bits per heavy atom. The van der Waals surface area contributed by atoms with Gasteiger partial charge in [-0.25, -0.2) is 14.1 Å². The van der Waals surface area contributed by atoms with E-state index in [0.29, 0.717) is 10.0 Å². The smallest absolute Gasteiger partial charge is 0.221 e. The van der Waals surface area contributed by atoms with E-state index in [-0.39, 0.29) is 11.7 Å². The van der Waals surface area contributed by atoms with E-state index in [9.17, 15) is 9.50 Å². The highest BCUT2D eigenvalue weighted by atomic mass is 79.9. The Balaban J connectivity index is 2.37. The van der Waals surface area contributed by atoms with Crippen LogP contribution in [-0.4, -0.2) is 21.0 Å². The molecule has 0 atom stereocenters. The van der Waals surface area contributed by atoms with Crippen molar-refractivity contribution in [3.63, 3.8) is 0 Å². The molecule has 0 fully saturated rings. The third kappa shape index (κ3) is 2.51. The molecule has 7 heteroatoms. The van der Waals surface area contributed by atoms with E-state index in [0.717, 1.165) is 11.8 Å². The van der Waals surface area contributed by atoms with Gasteiger partial charge in [0.15, 0.2) is 0 Å². The van der Waals surface area contributed by atoms with Crippen molar-refractivity contribution in [1.82, 2.24) is 9.66 Å². The zero-order valence-corrected chi connectivity index (χ0v) is 11.0. The number of nitrogens with zero attached hydrogens (tertiary/aromatic N) is 3. The summed E-state index contributed by atoms with van der Waals surface area (Å²) >= 11 is 3.15. The molecule has 0 amide bonds. The van der Waals surface area contributed by atoms with Crippen molar-refractivity contribution in [1.29, 1.82) is 0 Å². The van der Waals surface area contributed by atoms with E-state index in [4.69, 9.17) is 5.73 Å². The summed E-state index contributed by atoms with van der Waals surface area (Å²) in [6.07, 6.45) is 3.01. The molecule has 0 unspecified atom stereocenters. The fourth-order valence-corrected chi connectivity index (χ4v) is 1.94. The number of aromatic nitrogens is 2. The lowest BCUT2D eigenvalue weighted by Gasteiger charge is -2.02. The molecule has 0 saturated carbocycles. The van der Waals surface area contributed by atoms with Crippen LogP contribution in [0, 0.1) is 12.7 Å². The molecule has 5 nitrogen and oxygen atoms in total. The maximum atomic E-state index is 13.0. The molecule has 0 radical (unpaired) electrons. The predicted molar refractivity (Wildman–Crippen MR) is 70.1 cm³/mol. The second-order valence-corrected chi connectivity index (χ2v) is 4.50. The number of anilines is 1. The minimum absolute atomic E-state index is 0.207. The average molecular weight is 313 g/mol. The molecule has 2 aromatic rings. The van der Waals surface area contributed by atoms with Gasteiger partial charge < -0.3 is 10.8 Å². The topological polar surface area (TPSA) is 76.4 Å². The van der Waals surface area contributed by atoms with Crippen molar-refractivity contribution in [3.8, 4) is 5.75 Å². The van der Waals surface area contributed by atoms with Crippen LogP contribution < -0.4 is 5.73 Å². The van der Waals surface area contributed by atoms with Crippen LogP contribution in [0.15, 0.2) is 27.9 Å². The summed E-state index contributed by atoms with van der Waals surface area (Å²) in [5, 5.41) is 13.6. The van der Waals surface area contributed by atoms with Crippen molar-refractivity contribution < 1.29 is 9.50 Å². The normalized spacial score (nSPS) is 11.3.